The number of furan rings is 1. The van der Waals surface area contributed by atoms with E-state index in [0.717, 1.165) is 50.0 Å². The summed E-state index contributed by atoms with van der Waals surface area (Å²) >= 11 is 0. The maximum atomic E-state index is 6.34. The summed E-state index contributed by atoms with van der Waals surface area (Å²) in [4.78, 5) is 0. The lowest BCUT2D eigenvalue weighted by molar-refractivity contribution is 0.669. The summed E-state index contributed by atoms with van der Waals surface area (Å²) in [6, 6.07) is 57.9. The molecule has 0 radical (unpaired) electrons. The molecule has 45 heavy (non-hydrogen) atoms. The zero-order valence-electron chi connectivity index (χ0n) is 24.4. The van der Waals surface area contributed by atoms with Crippen molar-refractivity contribution in [1.29, 1.82) is 0 Å². The minimum atomic E-state index is 0.894. The van der Waals surface area contributed by atoms with Gasteiger partial charge >= 0.3 is 0 Å². The maximum absolute atomic E-state index is 6.34. The zero-order chi connectivity index (χ0) is 29.7. The van der Waals surface area contributed by atoms with Crippen molar-refractivity contribution in [2.24, 2.45) is 0 Å². The second-order valence-corrected chi connectivity index (χ2v) is 11.5. The van der Waals surface area contributed by atoms with Crippen LogP contribution in [0.25, 0.3) is 71.7 Å². The van der Waals surface area contributed by atoms with Crippen molar-refractivity contribution >= 4 is 55.1 Å². The second kappa shape index (κ2) is 10.3. The topological polar surface area (TPSA) is 30.1 Å². The maximum Gasteiger partial charge on any atom is 0.137 e. The Bertz CT molecular complexity index is 2470. The highest BCUT2D eigenvalue weighted by molar-refractivity contribution is 6.17. The van der Waals surface area contributed by atoms with Gasteiger partial charge in [0.1, 0.15) is 11.2 Å². The molecule has 3 nitrogen and oxygen atoms in total. The standard InChI is InChI=1S/C42H28N2O/c1-3-9-28(10-4-1)30-15-19-32(20-16-30)43-33-21-24-35-37-26-38-36-13-7-8-14-41(36)45-42(38)27-40(37)44(39(35)25-33)34-22-17-31(18-23-34)29-11-5-2-6-12-29/h1-27,43H. The highest BCUT2D eigenvalue weighted by Gasteiger charge is 2.17. The summed E-state index contributed by atoms with van der Waals surface area (Å²) < 4.78 is 8.70. The van der Waals surface area contributed by atoms with Crippen LogP contribution in [0.4, 0.5) is 11.4 Å². The molecule has 0 amide bonds. The van der Waals surface area contributed by atoms with Gasteiger partial charge in [-0.2, -0.15) is 0 Å². The van der Waals surface area contributed by atoms with Gasteiger partial charge in [0, 0.05) is 44.7 Å². The molecule has 0 aliphatic carbocycles. The summed E-state index contributed by atoms with van der Waals surface area (Å²) in [7, 11) is 0. The van der Waals surface area contributed by atoms with Crippen LogP contribution in [0.2, 0.25) is 0 Å². The van der Waals surface area contributed by atoms with E-state index < -0.39 is 0 Å². The first-order valence-electron chi connectivity index (χ1n) is 15.3. The Balaban J connectivity index is 1.19. The average molecular weight is 577 g/mol. The predicted molar refractivity (Wildman–Crippen MR) is 189 cm³/mol. The van der Waals surface area contributed by atoms with E-state index in [-0.39, 0.29) is 0 Å². The monoisotopic (exact) mass is 576 g/mol. The Morgan fingerprint density at radius 2 is 0.956 bits per heavy atom. The van der Waals surface area contributed by atoms with Crippen molar-refractivity contribution in [3.8, 4) is 27.9 Å². The number of anilines is 2. The smallest absolute Gasteiger partial charge is 0.137 e. The number of hydrogen-bond donors (Lipinski definition) is 1. The quantitative estimate of drug-likeness (QED) is 0.221. The van der Waals surface area contributed by atoms with Crippen LogP contribution in [0.5, 0.6) is 0 Å². The van der Waals surface area contributed by atoms with Crippen LogP contribution in [0.3, 0.4) is 0 Å². The van der Waals surface area contributed by atoms with Gasteiger partial charge in [-0.15, -0.1) is 0 Å². The molecule has 2 heterocycles. The van der Waals surface area contributed by atoms with Gasteiger partial charge in [0.05, 0.1) is 11.0 Å². The van der Waals surface area contributed by atoms with Crippen molar-refractivity contribution < 1.29 is 4.42 Å². The average Bonchev–Trinajstić information content (AvgIpc) is 3.62. The summed E-state index contributed by atoms with van der Waals surface area (Å²) in [5.41, 5.74) is 12.1. The molecule has 0 saturated heterocycles. The van der Waals surface area contributed by atoms with Crippen LogP contribution >= 0.6 is 0 Å². The van der Waals surface area contributed by atoms with E-state index in [4.69, 9.17) is 4.42 Å². The van der Waals surface area contributed by atoms with Gasteiger partial charge in [-0.1, -0.05) is 109 Å². The number of rotatable bonds is 5. The fourth-order valence-electron chi connectivity index (χ4n) is 6.57. The van der Waals surface area contributed by atoms with Crippen LogP contribution in [0.1, 0.15) is 0 Å². The first-order chi connectivity index (χ1) is 22.3. The Kier molecular flexibility index (Phi) is 5.82. The number of benzene rings is 7. The summed E-state index contributed by atoms with van der Waals surface area (Å²) in [5.74, 6) is 0. The zero-order valence-corrected chi connectivity index (χ0v) is 24.4. The lowest BCUT2D eigenvalue weighted by atomic mass is 10.1. The normalized spacial score (nSPS) is 11.6. The molecule has 0 saturated carbocycles. The van der Waals surface area contributed by atoms with Crippen molar-refractivity contribution in [1.82, 2.24) is 4.57 Å². The third kappa shape index (κ3) is 4.37. The third-order valence-electron chi connectivity index (χ3n) is 8.78. The van der Waals surface area contributed by atoms with Crippen LogP contribution < -0.4 is 5.32 Å². The molecule has 0 unspecified atom stereocenters. The van der Waals surface area contributed by atoms with E-state index in [9.17, 15) is 0 Å². The molecule has 0 spiro atoms. The van der Waals surface area contributed by atoms with Gasteiger partial charge < -0.3 is 14.3 Å². The fraction of sp³-hybridized carbons (Fsp3) is 0. The van der Waals surface area contributed by atoms with Crippen molar-refractivity contribution in [3.05, 3.63) is 164 Å². The minimum absolute atomic E-state index is 0.894. The van der Waals surface area contributed by atoms with Gasteiger partial charge in [0.15, 0.2) is 0 Å². The summed E-state index contributed by atoms with van der Waals surface area (Å²) in [6.45, 7) is 0. The lowest BCUT2D eigenvalue weighted by Gasteiger charge is -2.11. The van der Waals surface area contributed by atoms with Crippen LogP contribution in [-0.2, 0) is 0 Å². The first kappa shape index (κ1) is 25.4. The summed E-state index contributed by atoms with van der Waals surface area (Å²) in [5, 5.41) is 8.33. The molecular formula is C42H28N2O. The minimum Gasteiger partial charge on any atom is -0.456 e. The van der Waals surface area contributed by atoms with Gasteiger partial charge in [-0.3, -0.25) is 0 Å². The molecule has 1 N–H and O–H groups in total. The number of nitrogens with zero attached hydrogens (tertiary/aromatic N) is 1. The van der Waals surface area contributed by atoms with E-state index >= 15 is 0 Å². The van der Waals surface area contributed by atoms with Crippen LogP contribution in [0.15, 0.2) is 168 Å². The Hall–Kier alpha value is -6.06. The highest BCUT2D eigenvalue weighted by Crippen LogP contribution is 2.39. The molecule has 7 aromatic carbocycles. The summed E-state index contributed by atoms with van der Waals surface area (Å²) in [6.07, 6.45) is 0. The molecule has 0 aliphatic rings. The third-order valence-corrected chi connectivity index (χ3v) is 8.78. The second-order valence-electron chi connectivity index (χ2n) is 11.5. The van der Waals surface area contributed by atoms with Crippen LogP contribution in [0, 0.1) is 0 Å². The molecule has 0 bridgehead atoms. The lowest BCUT2D eigenvalue weighted by Crippen LogP contribution is -1.95. The Morgan fingerprint density at radius 1 is 0.378 bits per heavy atom. The van der Waals surface area contributed by atoms with E-state index in [2.05, 4.69) is 155 Å². The Labute approximate surface area is 260 Å². The molecule has 9 aromatic rings. The van der Waals surface area contributed by atoms with Gasteiger partial charge in [0.25, 0.3) is 0 Å². The van der Waals surface area contributed by atoms with E-state index in [1.165, 1.54) is 33.0 Å². The highest BCUT2D eigenvalue weighted by atomic mass is 16.3. The molecule has 2 aromatic heterocycles. The van der Waals surface area contributed by atoms with Crippen molar-refractivity contribution in [3.63, 3.8) is 0 Å². The molecule has 0 aliphatic heterocycles. The van der Waals surface area contributed by atoms with Crippen LogP contribution in [-0.4, -0.2) is 4.57 Å². The van der Waals surface area contributed by atoms with Crippen molar-refractivity contribution in [2.75, 3.05) is 5.32 Å². The number of nitrogens with one attached hydrogen (secondary N) is 1. The molecular weight excluding hydrogens is 548 g/mol. The van der Waals surface area contributed by atoms with E-state index in [1.807, 2.05) is 18.2 Å². The number of aromatic nitrogens is 1. The Morgan fingerprint density at radius 3 is 1.67 bits per heavy atom. The molecule has 9 rings (SSSR count). The largest absolute Gasteiger partial charge is 0.456 e. The number of hydrogen-bond acceptors (Lipinski definition) is 2. The number of para-hydroxylation sites is 1. The van der Waals surface area contributed by atoms with E-state index in [1.54, 1.807) is 0 Å². The molecule has 0 atom stereocenters. The SMILES string of the molecule is c1ccc(-c2ccc(Nc3ccc4c5cc6c(cc5n(-c5ccc(-c7ccccc7)cc5)c4c3)oc3ccccc36)cc2)cc1. The van der Waals surface area contributed by atoms with Crippen molar-refractivity contribution in [2.45, 2.75) is 0 Å². The first-order valence-corrected chi connectivity index (χ1v) is 15.3. The van der Waals surface area contributed by atoms with Gasteiger partial charge in [0.2, 0.25) is 0 Å². The molecule has 0 fully saturated rings. The number of fused-ring (bicyclic) bond motifs is 6. The molecule has 212 valence electrons. The van der Waals surface area contributed by atoms with E-state index in [0.29, 0.717) is 0 Å². The van der Waals surface area contributed by atoms with Gasteiger partial charge in [-0.25, -0.2) is 0 Å². The fourth-order valence-corrected chi connectivity index (χ4v) is 6.57. The predicted octanol–water partition coefficient (Wildman–Crippen LogP) is 11.8. The molecule has 3 heteroatoms. The van der Waals surface area contributed by atoms with Gasteiger partial charge in [-0.05, 0) is 70.8 Å².